The van der Waals surface area contributed by atoms with Gasteiger partial charge in [0.1, 0.15) is 12.2 Å². The molecular weight excluding hydrogens is 240 g/mol. The molecule has 0 amide bonds. The molecule has 1 fully saturated rings. The van der Waals surface area contributed by atoms with Gasteiger partial charge < -0.3 is 5.32 Å². The predicted molar refractivity (Wildman–Crippen MR) is 76.0 cm³/mol. The van der Waals surface area contributed by atoms with E-state index in [0.717, 1.165) is 51.5 Å². The van der Waals surface area contributed by atoms with Crippen molar-refractivity contribution in [1.82, 2.24) is 29.9 Å². The summed E-state index contributed by atoms with van der Waals surface area (Å²) in [7, 11) is 2.16. The summed E-state index contributed by atoms with van der Waals surface area (Å²) >= 11 is 0. The van der Waals surface area contributed by atoms with Gasteiger partial charge in [0.2, 0.25) is 0 Å². The molecule has 1 aromatic rings. The summed E-state index contributed by atoms with van der Waals surface area (Å²) < 4.78 is 2.02. The van der Waals surface area contributed by atoms with Gasteiger partial charge in [-0.05, 0) is 13.5 Å². The first-order chi connectivity index (χ1) is 9.29. The van der Waals surface area contributed by atoms with Crippen LogP contribution in [0.3, 0.4) is 0 Å². The van der Waals surface area contributed by atoms with Crippen LogP contribution in [-0.2, 0) is 13.1 Å². The molecule has 0 atom stereocenters. The van der Waals surface area contributed by atoms with Crippen LogP contribution >= 0.6 is 0 Å². The number of rotatable bonds is 7. The minimum absolute atomic E-state index is 0.881. The van der Waals surface area contributed by atoms with Gasteiger partial charge in [-0.1, -0.05) is 6.92 Å². The average Bonchev–Trinajstić information content (AvgIpc) is 2.85. The van der Waals surface area contributed by atoms with Crippen LogP contribution in [-0.4, -0.2) is 70.9 Å². The topological polar surface area (TPSA) is 49.2 Å². The molecule has 19 heavy (non-hydrogen) atoms. The summed E-state index contributed by atoms with van der Waals surface area (Å²) in [6.45, 7) is 10.8. The molecule has 1 N–H and O–H groups in total. The summed E-state index contributed by atoms with van der Waals surface area (Å²) in [5.41, 5.74) is 0. The third-order valence-corrected chi connectivity index (χ3v) is 3.55. The first-order valence-electron chi connectivity index (χ1n) is 7.28. The van der Waals surface area contributed by atoms with Crippen molar-refractivity contribution >= 4 is 0 Å². The van der Waals surface area contributed by atoms with E-state index in [1.807, 2.05) is 4.68 Å². The van der Waals surface area contributed by atoms with Gasteiger partial charge in [-0.2, -0.15) is 5.10 Å². The molecule has 0 unspecified atom stereocenters. The van der Waals surface area contributed by atoms with Gasteiger partial charge in [0, 0.05) is 45.8 Å². The van der Waals surface area contributed by atoms with E-state index in [-0.39, 0.29) is 0 Å². The third-order valence-electron chi connectivity index (χ3n) is 3.55. The number of piperazine rings is 1. The van der Waals surface area contributed by atoms with Crippen molar-refractivity contribution in [2.45, 2.75) is 26.4 Å². The highest BCUT2D eigenvalue weighted by Gasteiger charge is 2.11. The van der Waals surface area contributed by atoms with E-state index in [1.54, 1.807) is 6.33 Å². The van der Waals surface area contributed by atoms with E-state index < -0.39 is 0 Å². The van der Waals surface area contributed by atoms with Crippen LogP contribution in [0, 0.1) is 0 Å². The largest absolute Gasteiger partial charge is 0.314 e. The van der Waals surface area contributed by atoms with Crippen molar-refractivity contribution in [3.63, 3.8) is 0 Å². The summed E-state index contributed by atoms with van der Waals surface area (Å²) in [5, 5.41) is 7.65. The van der Waals surface area contributed by atoms with Crippen LogP contribution < -0.4 is 5.32 Å². The van der Waals surface area contributed by atoms with E-state index in [4.69, 9.17) is 0 Å². The number of hydrogen-bond donors (Lipinski definition) is 1. The highest BCUT2D eigenvalue weighted by molar-refractivity contribution is 4.84. The summed E-state index contributed by atoms with van der Waals surface area (Å²) in [6, 6.07) is 0. The standard InChI is InChI=1S/C13H26N6/c1-3-6-19-13(15-12-16-19)11-17(2)9-10-18-7-4-14-5-8-18/h12,14H,3-11H2,1-2H3. The maximum Gasteiger partial charge on any atom is 0.140 e. The summed E-state index contributed by atoms with van der Waals surface area (Å²) in [6.07, 6.45) is 2.76. The molecule has 0 spiro atoms. The van der Waals surface area contributed by atoms with Crippen LogP contribution in [0.5, 0.6) is 0 Å². The first kappa shape index (κ1) is 14.4. The molecular formula is C13H26N6. The maximum absolute atomic E-state index is 4.36. The fourth-order valence-electron chi connectivity index (χ4n) is 2.38. The Balaban J connectivity index is 1.73. The van der Waals surface area contributed by atoms with E-state index in [2.05, 4.69) is 39.2 Å². The monoisotopic (exact) mass is 266 g/mol. The lowest BCUT2D eigenvalue weighted by molar-refractivity contribution is 0.199. The SMILES string of the molecule is CCCn1ncnc1CN(C)CCN1CCNCC1. The van der Waals surface area contributed by atoms with Gasteiger partial charge in [0.15, 0.2) is 0 Å². The molecule has 6 heteroatoms. The smallest absolute Gasteiger partial charge is 0.140 e. The zero-order valence-corrected chi connectivity index (χ0v) is 12.2. The molecule has 1 aliphatic rings. The Kier molecular flexibility index (Phi) is 5.75. The molecule has 1 aliphatic heterocycles. The Hall–Kier alpha value is -0.980. The molecule has 1 aromatic heterocycles. The van der Waals surface area contributed by atoms with Crippen LogP contribution in [0.4, 0.5) is 0 Å². The van der Waals surface area contributed by atoms with Crippen molar-refractivity contribution in [3.05, 3.63) is 12.2 Å². The Morgan fingerprint density at radius 1 is 1.32 bits per heavy atom. The van der Waals surface area contributed by atoms with E-state index >= 15 is 0 Å². The van der Waals surface area contributed by atoms with Crippen LogP contribution in [0.25, 0.3) is 0 Å². The van der Waals surface area contributed by atoms with Gasteiger partial charge in [-0.15, -0.1) is 0 Å². The Bertz CT molecular complexity index is 358. The maximum atomic E-state index is 4.36. The molecule has 2 heterocycles. The van der Waals surface area contributed by atoms with Crippen LogP contribution in [0.2, 0.25) is 0 Å². The van der Waals surface area contributed by atoms with Gasteiger partial charge in [-0.25, -0.2) is 9.67 Å². The molecule has 0 aromatic carbocycles. The zero-order valence-electron chi connectivity index (χ0n) is 12.2. The quantitative estimate of drug-likeness (QED) is 0.754. The van der Waals surface area contributed by atoms with Crippen molar-refractivity contribution < 1.29 is 0 Å². The van der Waals surface area contributed by atoms with Gasteiger partial charge in [0.25, 0.3) is 0 Å². The first-order valence-corrected chi connectivity index (χ1v) is 7.28. The van der Waals surface area contributed by atoms with E-state index in [0.29, 0.717) is 0 Å². The Morgan fingerprint density at radius 3 is 2.84 bits per heavy atom. The lowest BCUT2D eigenvalue weighted by Crippen LogP contribution is -2.45. The molecule has 0 bridgehead atoms. The van der Waals surface area contributed by atoms with Crippen molar-refractivity contribution in [3.8, 4) is 0 Å². The highest BCUT2D eigenvalue weighted by Crippen LogP contribution is 2.01. The molecule has 6 nitrogen and oxygen atoms in total. The second-order valence-corrected chi connectivity index (χ2v) is 5.23. The average molecular weight is 266 g/mol. The van der Waals surface area contributed by atoms with Crippen molar-refractivity contribution in [2.24, 2.45) is 0 Å². The number of likely N-dealkylation sites (N-methyl/N-ethyl adjacent to an activating group) is 1. The molecule has 108 valence electrons. The summed E-state index contributed by atoms with van der Waals surface area (Å²) in [5.74, 6) is 1.07. The normalized spacial score (nSPS) is 17.2. The Labute approximate surface area is 115 Å². The van der Waals surface area contributed by atoms with E-state index in [1.165, 1.54) is 13.1 Å². The van der Waals surface area contributed by atoms with Crippen molar-refractivity contribution in [1.29, 1.82) is 0 Å². The minimum atomic E-state index is 0.881. The molecule has 2 rings (SSSR count). The fourth-order valence-corrected chi connectivity index (χ4v) is 2.38. The van der Waals surface area contributed by atoms with Gasteiger partial charge >= 0.3 is 0 Å². The number of aromatic nitrogens is 3. The van der Waals surface area contributed by atoms with Gasteiger partial charge in [0.05, 0.1) is 6.54 Å². The second-order valence-electron chi connectivity index (χ2n) is 5.23. The Morgan fingerprint density at radius 2 is 2.11 bits per heavy atom. The molecule has 1 saturated heterocycles. The number of nitrogens with one attached hydrogen (secondary N) is 1. The lowest BCUT2D eigenvalue weighted by atomic mass is 10.3. The third kappa shape index (κ3) is 4.56. The van der Waals surface area contributed by atoms with Crippen LogP contribution in [0.1, 0.15) is 19.2 Å². The van der Waals surface area contributed by atoms with E-state index in [9.17, 15) is 0 Å². The van der Waals surface area contributed by atoms with Crippen molar-refractivity contribution in [2.75, 3.05) is 46.3 Å². The highest BCUT2D eigenvalue weighted by atomic mass is 15.3. The fraction of sp³-hybridized carbons (Fsp3) is 0.846. The summed E-state index contributed by atoms with van der Waals surface area (Å²) in [4.78, 5) is 9.21. The second kappa shape index (κ2) is 7.57. The van der Waals surface area contributed by atoms with Gasteiger partial charge in [-0.3, -0.25) is 9.80 Å². The number of nitrogens with zero attached hydrogens (tertiary/aromatic N) is 5. The number of aryl methyl sites for hydroxylation is 1. The zero-order chi connectivity index (χ0) is 13.5. The molecule has 0 radical (unpaired) electrons. The molecule has 0 aliphatic carbocycles. The minimum Gasteiger partial charge on any atom is -0.314 e. The lowest BCUT2D eigenvalue weighted by Gasteiger charge is -2.29. The van der Waals surface area contributed by atoms with Crippen LogP contribution in [0.15, 0.2) is 6.33 Å². The number of hydrogen-bond acceptors (Lipinski definition) is 5. The predicted octanol–water partition coefficient (Wildman–Crippen LogP) is 0.0251. The molecule has 0 saturated carbocycles.